The maximum absolute atomic E-state index is 11.8. The Balaban J connectivity index is 2.63. The molecule has 1 heterocycles. The fraction of sp³-hybridized carbons (Fsp3) is 0.500. The monoisotopic (exact) mass is 208 g/mol. The van der Waals surface area contributed by atoms with Crippen LogP contribution in [0.2, 0.25) is 0 Å². The summed E-state index contributed by atoms with van der Waals surface area (Å²) in [6.45, 7) is 4.37. The van der Waals surface area contributed by atoms with Gasteiger partial charge in [-0.15, -0.1) is 0 Å². The van der Waals surface area contributed by atoms with Gasteiger partial charge in [0.1, 0.15) is 6.33 Å². The molecule has 5 heteroatoms. The van der Waals surface area contributed by atoms with E-state index in [-0.39, 0.29) is 5.91 Å². The highest BCUT2D eigenvalue weighted by Gasteiger charge is 2.26. The molecule has 1 aromatic rings. The van der Waals surface area contributed by atoms with Crippen molar-refractivity contribution in [1.29, 1.82) is 0 Å². The Morgan fingerprint density at radius 3 is 2.53 bits per heavy atom. The van der Waals surface area contributed by atoms with E-state index in [0.717, 1.165) is 0 Å². The van der Waals surface area contributed by atoms with E-state index in [2.05, 4.69) is 20.6 Å². The zero-order chi connectivity index (χ0) is 11.3. The lowest BCUT2D eigenvalue weighted by Crippen LogP contribution is -2.38. The fourth-order valence-corrected chi connectivity index (χ4v) is 1.19. The van der Waals surface area contributed by atoms with Crippen LogP contribution in [0.1, 0.15) is 13.8 Å². The van der Waals surface area contributed by atoms with Crippen LogP contribution in [-0.2, 0) is 4.79 Å². The van der Waals surface area contributed by atoms with E-state index in [1.165, 1.54) is 6.33 Å². The molecule has 0 atom stereocenters. The number of anilines is 1. The minimum absolute atomic E-state index is 0.0494. The summed E-state index contributed by atoms with van der Waals surface area (Å²) in [4.78, 5) is 19.5. The number of hydrogen-bond donors (Lipinski definition) is 2. The first-order valence-electron chi connectivity index (χ1n) is 4.77. The van der Waals surface area contributed by atoms with Crippen LogP contribution >= 0.6 is 0 Å². The molecule has 0 saturated carbocycles. The molecule has 15 heavy (non-hydrogen) atoms. The third-order valence-electron chi connectivity index (χ3n) is 2.05. The van der Waals surface area contributed by atoms with Crippen molar-refractivity contribution in [2.45, 2.75) is 13.8 Å². The second-order valence-electron chi connectivity index (χ2n) is 4.00. The Labute approximate surface area is 89.3 Å². The number of carbonyl (C=O) groups excluding carboxylic acids is 1. The molecular formula is C10H16N4O. The normalized spacial score (nSPS) is 11.1. The van der Waals surface area contributed by atoms with Gasteiger partial charge < -0.3 is 10.6 Å². The quantitative estimate of drug-likeness (QED) is 0.762. The maximum Gasteiger partial charge on any atom is 0.231 e. The topological polar surface area (TPSA) is 66.9 Å². The number of amides is 1. The van der Waals surface area contributed by atoms with Gasteiger partial charge in [0.05, 0.1) is 23.5 Å². The first kappa shape index (κ1) is 11.6. The minimum atomic E-state index is -0.454. The molecule has 1 amide bonds. The number of nitrogens with one attached hydrogen (secondary N) is 2. The molecule has 0 fully saturated rings. The van der Waals surface area contributed by atoms with Crippen molar-refractivity contribution < 1.29 is 4.79 Å². The zero-order valence-corrected chi connectivity index (χ0v) is 9.24. The third-order valence-corrected chi connectivity index (χ3v) is 2.05. The van der Waals surface area contributed by atoms with Crippen LogP contribution in [0.15, 0.2) is 18.7 Å². The van der Waals surface area contributed by atoms with Crippen molar-refractivity contribution in [1.82, 2.24) is 15.3 Å². The molecule has 0 aliphatic rings. The lowest BCUT2D eigenvalue weighted by Gasteiger charge is -2.22. The predicted octanol–water partition coefficient (Wildman–Crippen LogP) is 0.661. The van der Waals surface area contributed by atoms with Crippen LogP contribution < -0.4 is 10.6 Å². The maximum atomic E-state index is 11.8. The average Bonchev–Trinajstić information content (AvgIpc) is 2.19. The summed E-state index contributed by atoms with van der Waals surface area (Å²) in [5.74, 6) is -0.0494. The van der Waals surface area contributed by atoms with Crippen LogP contribution in [0, 0.1) is 5.41 Å². The molecule has 5 nitrogen and oxygen atoms in total. The summed E-state index contributed by atoms with van der Waals surface area (Å²) < 4.78 is 0. The van der Waals surface area contributed by atoms with Gasteiger partial charge in [0, 0.05) is 6.54 Å². The highest BCUT2D eigenvalue weighted by atomic mass is 16.2. The largest absolute Gasteiger partial charge is 0.323 e. The first-order valence-corrected chi connectivity index (χ1v) is 4.77. The molecule has 82 valence electrons. The van der Waals surface area contributed by atoms with Gasteiger partial charge in [0.25, 0.3) is 0 Å². The predicted molar refractivity (Wildman–Crippen MR) is 58.4 cm³/mol. The number of nitrogens with zero attached hydrogens (tertiary/aromatic N) is 2. The SMILES string of the molecule is CNCC(C)(C)C(=O)Nc1cncnc1. The second kappa shape index (κ2) is 4.84. The Kier molecular flexibility index (Phi) is 3.74. The molecular weight excluding hydrogens is 192 g/mol. The van der Waals surface area contributed by atoms with Crippen molar-refractivity contribution in [3.63, 3.8) is 0 Å². The highest BCUT2D eigenvalue weighted by Crippen LogP contribution is 2.16. The molecule has 0 aromatic carbocycles. The Hall–Kier alpha value is -1.49. The van der Waals surface area contributed by atoms with E-state index in [0.29, 0.717) is 12.2 Å². The van der Waals surface area contributed by atoms with Gasteiger partial charge in [0.15, 0.2) is 0 Å². The second-order valence-corrected chi connectivity index (χ2v) is 4.00. The first-order chi connectivity index (χ1) is 7.06. The van der Waals surface area contributed by atoms with E-state index in [1.807, 2.05) is 20.9 Å². The van der Waals surface area contributed by atoms with Gasteiger partial charge in [-0.3, -0.25) is 4.79 Å². The van der Waals surface area contributed by atoms with Gasteiger partial charge >= 0.3 is 0 Å². The molecule has 0 aliphatic heterocycles. The van der Waals surface area contributed by atoms with Crippen molar-refractivity contribution >= 4 is 11.6 Å². The number of hydrogen-bond acceptors (Lipinski definition) is 4. The summed E-state index contributed by atoms with van der Waals surface area (Å²) in [5, 5.41) is 5.75. The number of aromatic nitrogens is 2. The Bertz CT molecular complexity index is 323. The molecule has 1 rings (SSSR count). The van der Waals surface area contributed by atoms with E-state index in [4.69, 9.17) is 0 Å². The summed E-state index contributed by atoms with van der Waals surface area (Å²) in [7, 11) is 1.82. The highest BCUT2D eigenvalue weighted by molar-refractivity contribution is 5.94. The molecule has 0 bridgehead atoms. The number of rotatable bonds is 4. The van der Waals surface area contributed by atoms with Crippen LogP contribution in [0.5, 0.6) is 0 Å². The summed E-state index contributed by atoms with van der Waals surface area (Å²) in [6.07, 6.45) is 4.56. The summed E-state index contributed by atoms with van der Waals surface area (Å²) >= 11 is 0. The summed E-state index contributed by atoms with van der Waals surface area (Å²) in [6, 6.07) is 0. The van der Waals surface area contributed by atoms with E-state index in [1.54, 1.807) is 12.4 Å². The van der Waals surface area contributed by atoms with Gasteiger partial charge in [-0.05, 0) is 20.9 Å². The molecule has 2 N–H and O–H groups in total. The number of carbonyl (C=O) groups is 1. The van der Waals surface area contributed by atoms with Crippen LogP contribution in [0.4, 0.5) is 5.69 Å². The Morgan fingerprint density at radius 1 is 1.40 bits per heavy atom. The van der Waals surface area contributed by atoms with Crippen LogP contribution in [-0.4, -0.2) is 29.5 Å². The molecule has 0 aliphatic carbocycles. The van der Waals surface area contributed by atoms with E-state index < -0.39 is 5.41 Å². The molecule has 0 unspecified atom stereocenters. The van der Waals surface area contributed by atoms with Gasteiger partial charge in [0.2, 0.25) is 5.91 Å². The van der Waals surface area contributed by atoms with Crippen molar-refractivity contribution in [2.24, 2.45) is 5.41 Å². The van der Waals surface area contributed by atoms with Gasteiger partial charge in [-0.2, -0.15) is 0 Å². The molecule has 0 spiro atoms. The van der Waals surface area contributed by atoms with Crippen LogP contribution in [0.25, 0.3) is 0 Å². The molecule has 1 aromatic heterocycles. The zero-order valence-electron chi connectivity index (χ0n) is 9.24. The Morgan fingerprint density at radius 2 is 2.00 bits per heavy atom. The lowest BCUT2D eigenvalue weighted by atomic mass is 9.92. The van der Waals surface area contributed by atoms with E-state index >= 15 is 0 Å². The van der Waals surface area contributed by atoms with Gasteiger partial charge in [-0.25, -0.2) is 9.97 Å². The molecule has 0 radical (unpaired) electrons. The van der Waals surface area contributed by atoms with Crippen molar-refractivity contribution in [3.8, 4) is 0 Å². The lowest BCUT2D eigenvalue weighted by molar-refractivity contribution is -0.123. The van der Waals surface area contributed by atoms with Crippen molar-refractivity contribution in [2.75, 3.05) is 18.9 Å². The molecule has 0 saturated heterocycles. The smallest absolute Gasteiger partial charge is 0.231 e. The fourth-order valence-electron chi connectivity index (χ4n) is 1.19. The third kappa shape index (κ3) is 3.28. The van der Waals surface area contributed by atoms with E-state index in [9.17, 15) is 4.79 Å². The average molecular weight is 208 g/mol. The standard InChI is InChI=1S/C10H16N4O/c1-10(2,6-11-3)9(15)14-8-4-12-7-13-5-8/h4-5,7,11H,6H2,1-3H3,(H,14,15). The summed E-state index contributed by atoms with van der Waals surface area (Å²) in [5.41, 5.74) is 0.164. The van der Waals surface area contributed by atoms with Gasteiger partial charge in [-0.1, -0.05) is 0 Å². The minimum Gasteiger partial charge on any atom is -0.323 e. The van der Waals surface area contributed by atoms with Crippen molar-refractivity contribution in [3.05, 3.63) is 18.7 Å². The van der Waals surface area contributed by atoms with Crippen LogP contribution in [0.3, 0.4) is 0 Å².